The van der Waals surface area contributed by atoms with Gasteiger partial charge in [0.1, 0.15) is 0 Å². The summed E-state index contributed by atoms with van der Waals surface area (Å²) >= 11 is 0. The normalized spacial score (nSPS) is 13.1. The number of hydrogen-bond donors (Lipinski definition) is 1. The van der Waals surface area contributed by atoms with Crippen molar-refractivity contribution in [2.24, 2.45) is 0 Å². The molecule has 4 aromatic carbocycles. The van der Waals surface area contributed by atoms with Gasteiger partial charge in [-0.2, -0.15) is 0 Å². The summed E-state index contributed by atoms with van der Waals surface area (Å²) in [4.78, 5) is 3.36. The third kappa shape index (κ3) is 1.80. The summed E-state index contributed by atoms with van der Waals surface area (Å²) in [6.07, 6.45) is 0. The average Bonchev–Trinajstić information content (AvgIpc) is 3.37. The van der Waals surface area contributed by atoms with Gasteiger partial charge in [-0.05, 0) is 22.2 Å². The van der Waals surface area contributed by atoms with E-state index in [0.717, 1.165) is 54.7 Å². The van der Waals surface area contributed by atoms with Gasteiger partial charge in [0.2, 0.25) is 12.7 Å². The summed E-state index contributed by atoms with van der Waals surface area (Å²) in [7, 11) is 3.29. The first kappa shape index (κ1) is 15.5. The van der Waals surface area contributed by atoms with Crippen LogP contribution in [-0.4, -0.2) is 26.0 Å². The lowest BCUT2D eigenvalue weighted by molar-refractivity contribution is 0.176. The second-order valence-electron chi connectivity index (χ2n) is 6.87. The highest BCUT2D eigenvalue weighted by atomic mass is 16.7. The highest BCUT2D eigenvalue weighted by Crippen LogP contribution is 2.49. The van der Waals surface area contributed by atoms with Crippen LogP contribution >= 0.6 is 0 Å². The molecule has 0 bridgehead atoms. The highest BCUT2D eigenvalue weighted by molar-refractivity contribution is 6.25. The van der Waals surface area contributed by atoms with E-state index in [1.54, 1.807) is 14.2 Å². The van der Waals surface area contributed by atoms with E-state index in [2.05, 4.69) is 47.4 Å². The molecule has 0 saturated heterocycles. The predicted molar refractivity (Wildman–Crippen MR) is 110 cm³/mol. The molecule has 138 valence electrons. The fourth-order valence-electron chi connectivity index (χ4n) is 4.42. The Kier molecular flexibility index (Phi) is 3.01. The molecule has 1 aromatic heterocycles. The van der Waals surface area contributed by atoms with Gasteiger partial charge in [0.15, 0.2) is 17.2 Å². The second kappa shape index (κ2) is 5.45. The topological polar surface area (TPSA) is 52.7 Å². The van der Waals surface area contributed by atoms with Crippen molar-refractivity contribution < 1.29 is 18.9 Å². The average molecular weight is 371 g/mol. The molecule has 5 aromatic rings. The van der Waals surface area contributed by atoms with Crippen molar-refractivity contribution in [3.63, 3.8) is 0 Å². The molecule has 0 spiro atoms. The highest BCUT2D eigenvalue weighted by Gasteiger charge is 2.24. The van der Waals surface area contributed by atoms with E-state index >= 15 is 0 Å². The van der Waals surface area contributed by atoms with Crippen LogP contribution in [-0.2, 0) is 0 Å². The first-order valence-corrected chi connectivity index (χ1v) is 9.11. The Morgan fingerprint density at radius 3 is 2.18 bits per heavy atom. The number of benzene rings is 4. The lowest BCUT2D eigenvalue weighted by Crippen LogP contribution is -1.93. The van der Waals surface area contributed by atoms with Crippen LogP contribution in [0.25, 0.3) is 43.2 Å². The number of ether oxygens (including phenoxy) is 4. The maximum atomic E-state index is 5.93. The van der Waals surface area contributed by atoms with Gasteiger partial charge >= 0.3 is 0 Å². The number of H-pyrrole nitrogens is 1. The number of fused-ring (bicyclic) bond motifs is 10. The molecular weight excluding hydrogens is 354 g/mol. The lowest BCUT2D eigenvalue weighted by atomic mass is 9.94. The first-order valence-electron chi connectivity index (χ1n) is 9.11. The molecule has 28 heavy (non-hydrogen) atoms. The summed E-state index contributed by atoms with van der Waals surface area (Å²) in [5, 5.41) is 7.62. The summed E-state index contributed by atoms with van der Waals surface area (Å²) in [6, 6.07) is 16.8. The molecule has 0 fully saturated rings. The molecule has 0 saturated carbocycles. The monoisotopic (exact) mass is 371 g/mol. The molecule has 1 N–H and O–H groups in total. The third-order valence-electron chi connectivity index (χ3n) is 5.60. The third-order valence-corrected chi connectivity index (χ3v) is 5.60. The van der Waals surface area contributed by atoms with Crippen LogP contribution in [0.15, 0.2) is 48.5 Å². The van der Waals surface area contributed by atoms with E-state index in [1.807, 2.05) is 6.07 Å². The second-order valence-corrected chi connectivity index (χ2v) is 6.87. The van der Waals surface area contributed by atoms with Crippen LogP contribution in [0.1, 0.15) is 0 Å². The summed E-state index contributed by atoms with van der Waals surface area (Å²) < 4.78 is 22.8. The molecule has 0 aliphatic carbocycles. The number of rotatable bonds is 2. The van der Waals surface area contributed by atoms with E-state index in [-0.39, 0.29) is 6.79 Å². The molecule has 6 rings (SSSR count). The minimum atomic E-state index is 0.237. The zero-order valence-electron chi connectivity index (χ0n) is 15.5. The van der Waals surface area contributed by atoms with Crippen molar-refractivity contribution in [3.05, 3.63) is 48.5 Å². The van der Waals surface area contributed by atoms with Crippen molar-refractivity contribution in [2.75, 3.05) is 21.0 Å². The Hall–Kier alpha value is -3.60. The molecule has 5 heteroatoms. The van der Waals surface area contributed by atoms with Crippen LogP contribution in [0.3, 0.4) is 0 Å². The number of aromatic nitrogens is 1. The molecule has 5 nitrogen and oxygen atoms in total. The first-order chi connectivity index (χ1) is 13.8. The quantitative estimate of drug-likeness (QED) is 0.424. The van der Waals surface area contributed by atoms with Gasteiger partial charge in [-0.3, -0.25) is 0 Å². The van der Waals surface area contributed by atoms with Gasteiger partial charge in [0.05, 0.1) is 19.7 Å². The fourth-order valence-corrected chi connectivity index (χ4v) is 4.42. The van der Waals surface area contributed by atoms with Gasteiger partial charge < -0.3 is 23.9 Å². The van der Waals surface area contributed by atoms with Crippen molar-refractivity contribution >= 4 is 43.2 Å². The van der Waals surface area contributed by atoms with E-state index < -0.39 is 0 Å². The van der Waals surface area contributed by atoms with Crippen LogP contribution < -0.4 is 18.9 Å². The molecule has 0 amide bonds. The van der Waals surface area contributed by atoms with Crippen LogP contribution in [0.5, 0.6) is 23.1 Å². The van der Waals surface area contributed by atoms with Crippen LogP contribution in [0, 0.1) is 0 Å². The van der Waals surface area contributed by atoms with Gasteiger partial charge in [-0.1, -0.05) is 42.5 Å². The number of aromatic amines is 1. The lowest BCUT2D eigenvalue weighted by Gasteiger charge is -2.12. The zero-order chi connectivity index (χ0) is 18.8. The Bertz CT molecular complexity index is 1420. The summed E-state index contributed by atoms with van der Waals surface area (Å²) in [5.41, 5.74) is 0.980. The molecule has 1 aliphatic rings. The van der Waals surface area contributed by atoms with Gasteiger partial charge in [-0.15, -0.1) is 0 Å². The van der Waals surface area contributed by atoms with Gasteiger partial charge in [0, 0.05) is 21.5 Å². The molecular formula is C23H17NO4. The Morgan fingerprint density at radius 1 is 0.714 bits per heavy atom. The zero-order valence-corrected chi connectivity index (χ0v) is 15.5. The number of methoxy groups -OCH3 is 2. The van der Waals surface area contributed by atoms with Crippen LogP contribution in [0.2, 0.25) is 0 Å². The van der Waals surface area contributed by atoms with E-state index in [0.29, 0.717) is 11.6 Å². The Labute approximate surface area is 160 Å². The van der Waals surface area contributed by atoms with Gasteiger partial charge in [-0.25, -0.2) is 0 Å². The predicted octanol–water partition coefficient (Wildman–Crippen LogP) is 5.37. The van der Waals surface area contributed by atoms with E-state index in [4.69, 9.17) is 18.9 Å². The van der Waals surface area contributed by atoms with Crippen molar-refractivity contribution in [1.82, 2.24) is 4.98 Å². The smallest absolute Gasteiger partial charge is 0.235 e. The maximum Gasteiger partial charge on any atom is 0.235 e. The molecule has 0 atom stereocenters. The maximum absolute atomic E-state index is 5.93. The van der Waals surface area contributed by atoms with Crippen molar-refractivity contribution in [3.8, 4) is 23.1 Å². The minimum Gasteiger partial charge on any atom is -0.491 e. The standard InChI is InChI=1S/C23H17NO4/c1-25-21-17-10-8-14-15(19(17)24-23(21)26-2)9-7-13-12-5-3-4-6-16(12)20-22(18(13)14)28-11-27-20/h3-10,24H,11H2,1-2H3. The van der Waals surface area contributed by atoms with Crippen molar-refractivity contribution in [1.29, 1.82) is 0 Å². The summed E-state index contributed by atoms with van der Waals surface area (Å²) in [6.45, 7) is 0.237. The molecule has 0 unspecified atom stereocenters. The Morgan fingerprint density at radius 2 is 1.39 bits per heavy atom. The summed E-state index contributed by atoms with van der Waals surface area (Å²) in [5.74, 6) is 2.96. The number of nitrogens with one attached hydrogen (secondary N) is 1. The number of hydrogen-bond acceptors (Lipinski definition) is 4. The minimum absolute atomic E-state index is 0.237. The molecule has 1 aliphatic heterocycles. The van der Waals surface area contributed by atoms with Crippen LogP contribution in [0.4, 0.5) is 0 Å². The van der Waals surface area contributed by atoms with E-state index in [1.165, 1.54) is 0 Å². The van der Waals surface area contributed by atoms with E-state index in [9.17, 15) is 0 Å². The SMILES string of the molecule is COc1[nH]c2c(ccc3c2ccc2c4ccccc4c4c(c23)OCO4)c1OC. The largest absolute Gasteiger partial charge is 0.491 e. The molecule has 2 heterocycles. The fraction of sp³-hybridized carbons (Fsp3) is 0.130. The molecule has 0 radical (unpaired) electrons. The van der Waals surface area contributed by atoms with Gasteiger partial charge in [0.25, 0.3) is 0 Å². The Balaban J connectivity index is 1.84. The van der Waals surface area contributed by atoms with Crippen molar-refractivity contribution in [2.45, 2.75) is 0 Å².